The number of thiophene rings is 1. The monoisotopic (exact) mass is 356 g/mol. The lowest BCUT2D eigenvalue weighted by molar-refractivity contribution is -0.119. The summed E-state index contributed by atoms with van der Waals surface area (Å²) in [4.78, 5) is 24.6. The Morgan fingerprint density at radius 1 is 1.20 bits per heavy atom. The number of hydrogen-bond acceptors (Lipinski definition) is 6. The molecule has 6 nitrogen and oxygen atoms in total. The number of aryl methyl sites for hydroxylation is 2. The molecule has 3 aromatic rings. The van der Waals surface area contributed by atoms with Crippen molar-refractivity contribution in [1.29, 1.82) is 0 Å². The maximum atomic E-state index is 12.3. The molecule has 0 aliphatic heterocycles. The van der Waals surface area contributed by atoms with Gasteiger partial charge in [-0.05, 0) is 30.9 Å². The maximum absolute atomic E-state index is 12.3. The highest BCUT2D eigenvalue weighted by atomic mass is 32.1. The fraction of sp³-hybridized carbons (Fsp3) is 0.167. The molecule has 0 saturated heterocycles. The molecule has 0 atom stereocenters. The summed E-state index contributed by atoms with van der Waals surface area (Å²) in [6.45, 7) is 3.34. The van der Waals surface area contributed by atoms with E-state index in [9.17, 15) is 9.59 Å². The van der Waals surface area contributed by atoms with Crippen LogP contribution in [0.2, 0.25) is 0 Å². The summed E-state index contributed by atoms with van der Waals surface area (Å²) in [5.74, 6) is -0.803. The highest BCUT2D eigenvalue weighted by Crippen LogP contribution is 2.29. The van der Waals surface area contributed by atoms with E-state index < -0.39 is 18.5 Å². The predicted octanol–water partition coefficient (Wildman–Crippen LogP) is 3.82. The molecule has 0 fully saturated rings. The molecule has 0 saturated carbocycles. The number of ether oxygens (including phenoxy) is 1. The van der Waals surface area contributed by atoms with Gasteiger partial charge in [0.25, 0.3) is 5.91 Å². The zero-order valence-corrected chi connectivity index (χ0v) is 14.6. The second-order valence-corrected chi connectivity index (χ2v) is 6.40. The Labute approximate surface area is 148 Å². The van der Waals surface area contributed by atoms with Crippen LogP contribution >= 0.6 is 11.3 Å². The second kappa shape index (κ2) is 7.31. The number of hydrogen-bond donors (Lipinski definition) is 1. The van der Waals surface area contributed by atoms with Crippen LogP contribution in [0, 0.1) is 13.8 Å². The van der Waals surface area contributed by atoms with Crippen LogP contribution in [0.1, 0.15) is 20.9 Å². The van der Waals surface area contributed by atoms with Gasteiger partial charge in [-0.2, -0.15) is 0 Å². The highest BCUT2D eigenvalue weighted by molar-refractivity contribution is 7.12. The largest absolute Gasteiger partial charge is 0.451 e. The van der Waals surface area contributed by atoms with Gasteiger partial charge in [-0.15, -0.1) is 11.3 Å². The number of amides is 1. The number of anilines is 1. The summed E-state index contributed by atoms with van der Waals surface area (Å²) in [5, 5.41) is 7.96. The molecular formula is C18H16N2O4S. The molecule has 2 heterocycles. The number of benzene rings is 1. The van der Waals surface area contributed by atoms with E-state index in [0.29, 0.717) is 10.6 Å². The summed E-state index contributed by atoms with van der Waals surface area (Å²) in [5.41, 5.74) is 3.51. The average molecular weight is 356 g/mol. The van der Waals surface area contributed by atoms with Gasteiger partial charge in [-0.3, -0.25) is 10.1 Å². The van der Waals surface area contributed by atoms with Gasteiger partial charge < -0.3 is 9.26 Å². The molecular weight excluding hydrogens is 340 g/mol. The van der Waals surface area contributed by atoms with E-state index >= 15 is 0 Å². The molecule has 2 aromatic heterocycles. The molecule has 0 spiro atoms. The Morgan fingerprint density at radius 2 is 1.96 bits per heavy atom. The smallest absolute Gasteiger partial charge is 0.349 e. The van der Waals surface area contributed by atoms with E-state index in [-0.39, 0.29) is 5.88 Å². The van der Waals surface area contributed by atoms with Crippen LogP contribution < -0.4 is 5.32 Å². The Balaban J connectivity index is 1.63. The van der Waals surface area contributed by atoms with Crippen LogP contribution in [0.15, 0.2) is 46.3 Å². The Hall–Kier alpha value is -2.93. The lowest BCUT2D eigenvalue weighted by Gasteiger charge is -2.06. The number of carbonyl (C=O) groups is 2. The third-order valence-electron chi connectivity index (χ3n) is 3.44. The maximum Gasteiger partial charge on any atom is 0.349 e. The molecule has 0 radical (unpaired) electrons. The van der Waals surface area contributed by atoms with Gasteiger partial charge in [-0.1, -0.05) is 35.0 Å². The summed E-state index contributed by atoms with van der Waals surface area (Å²) < 4.78 is 9.99. The fourth-order valence-electron chi connectivity index (χ4n) is 2.22. The van der Waals surface area contributed by atoms with Crippen molar-refractivity contribution in [2.24, 2.45) is 0 Å². The Bertz CT molecular complexity index is 896. The van der Waals surface area contributed by atoms with Gasteiger partial charge in [0.1, 0.15) is 4.88 Å². The van der Waals surface area contributed by atoms with Crippen LogP contribution in [0.25, 0.3) is 11.1 Å². The molecule has 1 amide bonds. The summed E-state index contributed by atoms with van der Waals surface area (Å²) >= 11 is 1.28. The molecule has 128 valence electrons. The third-order valence-corrected chi connectivity index (χ3v) is 4.33. The van der Waals surface area contributed by atoms with Crippen LogP contribution in [-0.2, 0) is 9.53 Å². The number of carbonyl (C=O) groups excluding carboxylic acids is 2. The minimum atomic E-state index is -0.533. The molecule has 1 aromatic carbocycles. The van der Waals surface area contributed by atoms with Crippen molar-refractivity contribution in [3.8, 4) is 11.1 Å². The topological polar surface area (TPSA) is 81.4 Å². The average Bonchev–Trinajstić information content (AvgIpc) is 3.22. The number of esters is 1. The summed E-state index contributed by atoms with van der Waals surface area (Å²) in [6.07, 6.45) is 0. The minimum Gasteiger partial charge on any atom is -0.451 e. The number of nitrogens with one attached hydrogen (secondary N) is 1. The van der Waals surface area contributed by atoms with E-state index in [2.05, 4.69) is 10.5 Å². The first-order valence-corrected chi connectivity index (χ1v) is 8.46. The first kappa shape index (κ1) is 16.9. The van der Waals surface area contributed by atoms with Crippen LogP contribution in [0.3, 0.4) is 0 Å². The first-order chi connectivity index (χ1) is 12.0. The van der Waals surface area contributed by atoms with Gasteiger partial charge in [-0.25, -0.2) is 4.79 Å². The van der Waals surface area contributed by atoms with Crippen molar-refractivity contribution < 1.29 is 18.8 Å². The standard InChI is InChI=1S/C18H16N2O4S/c1-11-3-5-13(6-4-11)14-7-8-25-17(14)18(22)23-10-15(21)19-16-9-12(2)20-24-16/h3-9H,10H2,1-2H3,(H,19,21). The predicted molar refractivity (Wildman–Crippen MR) is 94.6 cm³/mol. The van der Waals surface area contributed by atoms with E-state index in [0.717, 1.165) is 16.7 Å². The normalized spacial score (nSPS) is 10.5. The highest BCUT2D eigenvalue weighted by Gasteiger charge is 2.17. The molecule has 0 aliphatic carbocycles. The van der Waals surface area contributed by atoms with Crippen molar-refractivity contribution in [1.82, 2.24) is 5.16 Å². The van der Waals surface area contributed by atoms with E-state index in [1.54, 1.807) is 13.0 Å². The van der Waals surface area contributed by atoms with Gasteiger partial charge in [0.05, 0.1) is 5.69 Å². The van der Waals surface area contributed by atoms with Crippen LogP contribution in [0.4, 0.5) is 5.88 Å². The zero-order chi connectivity index (χ0) is 17.8. The molecule has 3 rings (SSSR count). The molecule has 25 heavy (non-hydrogen) atoms. The fourth-order valence-corrected chi connectivity index (χ4v) is 3.03. The number of rotatable bonds is 5. The number of aromatic nitrogens is 1. The Kier molecular flexibility index (Phi) is 4.95. The summed E-state index contributed by atoms with van der Waals surface area (Å²) in [7, 11) is 0. The van der Waals surface area contributed by atoms with Gasteiger partial charge in [0.2, 0.25) is 5.88 Å². The van der Waals surface area contributed by atoms with E-state index in [1.165, 1.54) is 11.3 Å². The van der Waals surface area contributed by atoms with Crippen molar-refractivity contribution in [3.05, 3.63) is 57.9 Å². The van der Waals surface area contributed by atoms with Crippen molar-refractivity contribution >= 4 is 29.1 Å². The minimum absolute atomic E-state index is 0.218. The summed E-state index contributed by atoms with van der Waals surface area (Å²) in [6, 6.07) is 11.3. The van der Waals surface area contributed by atoms with Crippen LogP contribution in [-0.4, -0.2) is 23.6 Å². The molecule has 7 heteroatoms. The SMILES string of the molecule is Cc1ccc(-c2ccsc2C(=O)OCC(=O)Nc2cc(C)no2)cc1. The van der Waals surface area contributed by atoms with Crippen molar-refractivity contribution in [2.75, 3.05) is 11.9 Å². The lowest BCUT2D eigenvalue weighted by Crippen LogP contribution is -2.20. The first-order valence-electron chi connectivity index (χ1n) is 7.58. The van der Waals surface area contributed by atoms with Crippen molar-refractivity contribution in [3.63, 3.8) is 0 Å². The van der Waals surface area contributed by atoms with Gasteiger partial charge >= 0.3 is 5.97 Å². The molecule has 1 N–H and O–H groups in total. The van der Waals surface area contributed by atoms with Crippen LogP contribution in [0.5, 0.6) is 0 Å². The van der Waals surface area contributed by atoms with E-state index in [1.807, 2.05) is 42.6 Å². The molecule has 0 bridgehead atoms. The quantitative estimate of drug-likeness (QED) is 0.703. The number of nitrogens with zero attached hydrogens (tertiary/aromatic N) is 1. The van der Waals surface area contributed by atoms with Gasteiger partial charge in [0, 0.05) is 11.6 Å². The molecule has 0 aliphatic rings. The Morgan fingerprint density at radius 3 is 2.64 bits per heavy atom. The van der Waals surface area contributed by atoms with Gasteiger partial charge in [0.15, 0.2) is 6.61 Å². The molecule has 0 unspecified atom stereocenters. The second-order valence-electron chi connectivity index (χ2n) is 5.49. The van der Waals surface area contributed by atoms with E-state index in [4.69, 9.17) is 9.26 Å². The van der Waals surface area contributed by atoms with Crippen molar-refractivity contribution in [2.45, 2.75) is 13.8 Å². The zero-order valence-electron chi connectivity index (χ0n) is 13.7. The lowest BCUT2D eigenvalue weighted by atomic mass is 10.1. The third kappa shape index (κ3) is 4.13.